The van der Waals surface area contributed by atoms with E-state index in [-0.39, 0.29) is 23.6 Å². The summed E-state index contributed by atoms with van der Waals surface area (Å²) in [5.74, 6) is -0.311. The third-order valence-electron chi connectivity index (χ3n) is 2.93. The van der Waals surface area contributed by atoms with E-state index in [0.29, 0.717) is 0 Å². The summed E-state index contributed by atoms with van der Waals surface area (Å²) in [5.41, 5.74) is 6.68. The van der Waals surface area contributed by atoms with Crippen LogP contribution in [0.5, 0.6) is 11.5 Å². The number of nitrogens with two attached hydrogens (primary N) is 1. The van der Waals surface area contributed by atoms with Crippen molar-refractivity contribution in [1.82, 2.24) is 5.06 Å². The molecule has 0 aliphatic heterocycles. The van der Waals surface area contributed by atoms with E-state index in [2.05, 4.69) is 6.92 Å². The first-order valence-electron chi connectivity index (χ1n) is 6.61. The quantitative estimate of drug-likeness (QED) is 0.521. The summed E-state index contributed by atoms with van der Waals surface area (Å²) in [5, 5.41) is 20.6. The van der Waals surface area contributed by atoms with Crippen LogP contribution in [0.3, 0.4) is 0 Å². The van der Waals surface area contributed by atoms with Crippen LogP contribution in [0.2, 0.25) is 0 Å². The summed E-state index contributed by atoms with van der Waals surface area (Å²) < 4.78 is 0. The fourth-order valence-electron chi connectivity index (χ4n) is 1.81. The van der Waals surface area contributed by atoms with Gasteiger partial charge in [0.1, 0.15) is 6.10 Å². The summed E-state index contributed by atoms with van der Waals surface area (Å²) in [4.78, 5) is 5.81. The lowest BCUT2D eigenvalue weighted by Gasteiger charge is -2.27. The van der Waals surface area contributed by atoms with Crippen LogP contribution in [0.4, 0.5) is 0 Å². The maximum Gasteiger partial charge on any atom is 0.157 e. The first-order valence-corrected chi connectivity index (χ1v) is 6.61. The summed E-state index contributed by atoms with van der Waals surface area (Å²) in [7, 11) is 1.87. The Balaban J connectivity index is 2.79. The monoisotopic (exact) mass is 268 g/mol. The zero-order valence-corrected chi connectivity index (χ0v) is 11.8. The molecule has 5 heteroatoms. The van der Waals surface area contributed by atoms with Gasteiger partial charge in [-0.25, -0.2) is 0 Å². The van der Waals surface area contributed by atoms with Crippen LogP contribution in [0.1, 0.15) is 38.4 Å². The van der Waals surface area contributed by atoms with Gasteiger partial charge >= 0.3 is 0 Å². The van der Waals surface area contributed by atoms with Gasteiger partial charge in [0, 0.05) is 19.6 Å². The van der Waals surface area contributed by atoms with Crippen LogP contribution in [0.25, 0.3) is 0 Å². The van der Waals surface area contributed by atoms with E-state index in [9.17, 15) is 10.2 Å². The molecule has 0 unspecified atom stereocenters. The summed E-state index contributed by atoms with van der Waals surface area (Å²) >= 11 is 0. The van der Waals surface area contributed by atoms with Crippen molar-refractivity contribution in [1.29, 1.82) is 0 Å². The molecule has 0 saturated carbocycles. The Morgan fingerprint density at radius 3 is 2.53 bits per heavy atom. The minimum Gasteiger partial charge on any atom is -0.504 e. The smallest absolute Gasteiger partial charge is 0.157 e. The summed E-state index contributed by atoms with van der Waals surface area (Å²) in [6, 6.07) is 4.40. The van der Waals surface area contributed by atoms with Crippen LogP contribution in [-0.4, -0.2) is 34.9 Å². The third-order valence-corrected chi connectivity index (χ3v) is 2.93. The van der Waals surface area contributed by atoms with Gasteiger partial charge in [0.2, 0.25) is 0 Å². The van der Waals surface area contributed by atoms with Crippen LogP contribution < -0.4 is 5.73 Å². The molecule has 4 N–H and O–H groups in total. The molecule has 0 fully saturated rings. The number of hydrogen-bond donors (Lipinski definition) is 3. The molecule has 0 aliphatic rings. The number of phenols is 2. The number of hydroxylamine groups is 2. The molecule has 0 radical (unpaired) electrons. The van der Waals surface area contributed by atoms with Crippen molar-refractivity contribution in [2.45, 2.75) is 38.8 Å². The maximum atomic E-state index is 9.55. The molecular weight excluding hydrogens is 244 g/mol. The van der Waals surface area contributed by atoms with Gasteiger partial charge in [-0.2, -0.15) is 5.06 Å². The zero-order chi connectivity index (χ0) is 14.4. The third kappa shape index (κ3) is 4.70. The van der Waals surface area contributed by atoms with Crippen LogP contribution in [0, 0.1) is 0 Å². The van der Waals surface area contributed by atoms with Crippen molar-refractivity contribution in [2.24, 2.45) is 5.73 Å². The van der Waals surface area contributed by atoms with Gasteiger partial charge < -0.3 is 15.9 Å². The molecule has 0 aromatic heterocycles. The Morgan fingerprint density at radius 2 is 2.00 bits per heavy atom. The Bertz CT molecular complexity index is 396. The van der Waals surface area contributed by atoms with E-state index >= 15 is 0 Å². The standard InChI is InChI=1S/C14H24N2O3/c1-4-5-8-16(3)19-14(10(2)15)11-6-7-12(17)13(18)9-11/h6-7,9-10,14,17-18H,4-5,8,15H2,1-3H3/t10-,14-/m0/s1. The topological polar surface area (TPSA) is 79.0 Å². The molecule has 0 amide bonds. The van der Waals surface area contributed by atoms with Crippen molar-refractivity contribution >= 4 is 0 Å². The van der Waals surface area contributed by atoms with Gasteiger partial charge in [0.15, 0.2) is 11.5 Å². The average Bonchev–Trinajstić information content (AvgIpc) is 2.36. The highest BCUT2D eigenvalue weighted by Crippen LogP contribution is 2.30. The number of phenolic OH excluding ortho intramolecular Hbond substituents is 2. The first kappa shape index (κ1) is 15.8. The Morgan fingerprint density at radius 1 is 1.32 bits per heavy atom. The van der Waals surface area contributed by atoms with Crippen molar-refractivity contribution in [3.8, 4) is 11.5 Å². The van der Waals surface area contributed by atoms with Gasteiger partial charge in [-0.3, -0.25) is 4.84 Å². The van der Waals surface area contributed by atoms with E-state index in [1.54, 1.807) is 11.1 Å². The van der Waals surface area contributed by atoms with Crippen molar-refractivity contribution in [3.63, 3.8) is 0 Å². The van der Waals surface area contributed by atoms with E-state index in [4.69, 9.17) is 10.6 Å². The lowest BCUT2D eigenvalue weighted by molar-refractivity contribution is -0.189. The molecule has 0 saturated heterocycles. The van der Waals surface area contributed by atoms with E-state index in [1.165, 1.54) is 12.1 Å². The largest absolute Gasteiger partial charge is 0.504 e. The molecular formula is C14H24N2O3. The number of benzene rings is 1. The Hall–Kier alpha value is -1.30. The van der Waals surface area contributed by atoms with Gasteiger partial charge in [-0.15, -0.1) is 0 Å². The predicted octanol–water partition coefficient (Wildman–Crippen LogP) is 2.15. The summed E-state index contributed by atoms with van der Waals surface area (Å²) in [6.45, 7) is 4.79. The highest BCUT2D eigenvalue weighted by molar-refractivity contribution is 5.41. The molecule has 0 spiro atoms. The second kappa shape index (κ2) is 7.33. The number of aromatic hydroxyl groups is 2. The molecule has 0 aliphatic carbocycles. The molecule has 5 nitrogen and oxygen atoms in total. The Kier molecular flexibility index (Phi) is 6.08. The Labute approximate surface area is 114 Å². The number of hydrogen-bond acceptors (Lipinski definition) is 5. The predicted molar refractivity (Wildman–Crippen MR) is 74.8 cm³/mol. The van der Waals surface area contributed by atoms with E-state index in [1.807, 2.05) is 14.0 Å². The minimum atomic E-state index is -0.353. The maximum absolute atomic E-state index is 9.55. The zero-order valence-electron chi connectivity index (χ0n) is 11.8. The first-order chi connectivity index (χ1) is 8.95. The van der Waals surface area contributed by atoms with Crippen LogP contribution in [0.15, 0.2) is 18.2 Å². The summed E-state index contributed by atoms with van der Waals surface area (Å²) in [6.07, 6.45) is 1.79. The highest BCUT2D eigenvalue weighted by Gasteiger charge is 2.20. The van der Waals surface area contributed by atoms with Gasteiger partial charge in [0.25, 0.3) is 0 Å². The average molecular weight is 268 g/mol. The number of rotatable bonds is 7. The van der Waals surface area contributed by atoms with Gasteiger partial charge in [-0.1, -0.05) is 19.4 Å². The highest BCUT2D eigenvalue weighted by atomic mass is 16.7. The number of nitrogens with zero attached hydrogens (tertiary/aromatic N) is 1. The van der Waals surface area contributed by atoms with Crippen LogP contribution >= 0.6 is 0 Å². The van der Waals surface area contributed by atoms with E-state index in [0.717, 1.165) is 24.9 Å². The normalized spacial score (nSPS) is 14.6. The van der Waals surface area contributed by atoms with Crippen molar-refractivity contribution < 1.29 is 15.1 Å². The molecule has 0 heterocycles. The fraction of sp³-hybridized carbons (Fsp3) is 0.571. The molecule has 19 heavy (non-hydrogen) atoms. The van der Waals surface area contributed by atoms with Gasteiger partial charge in [-0.05, 0) is 31.0 Å². The fourth-order valence-corrected chi connectivity index (χ4v) is 1.81. The van der Waals surface area contributed by atoms with Crippen molar-refractivity contribution in [3.05, 3.63) is 23.8 Å². The van der Waals surface area contributed by atoms with Crippen molar-refractivity contribution in [2.75, 3.05) is 13.6 Å². The van der Waals surface area contributed by atoms with E-state index < -0.39 is 0 Å². The lowest BCUT2D eigenvalue weighted by atomic mass is 10.0. The lowest BCUT2D eigenvalue weighted by Crippen LogP contribution is -2.33. The second-order valence-corrected chi connectivity index (χ2v) is 4.84. The SMILES string of the molecule is CCCCN(C)O[C@H](c1ccc(O)c(O)c1)[C@H](C)N. The molecule has 108 valence electrons. The van der Waals surface area contributed by atoms with Gasteiger partial charge in [0.05, 0.1) is 0 Å². The molecule has 1 aromatic rings. The molecule has 1 aromatic carbocycles. The molecule has 0 bridgehead atoms. The molecule has 2 atom stereocenters. The minimum absolute atomic E-state index is 0.147. The molecule has 1 rings (SSSR count). The number of unbranched alkanes of at least 4 members (excludes halogenated alkanes) is 1. The van der Waals surface area contributed by atoms with Crippen LogP contribution in [-0.2, 0) is 4.84 Å². The second-order valence-electron chi connectivity index (χ2n) is 4.84.